The number of hydrogen-bond acceptors (Lipinski definition) is 20. The highest BCUT2D eigenvalue weighted by atomic mass is 16.8. The van der Waals surface area contributed by atoms with Gasteiger partial charge in [0.15, 0.2) is 35.4 Å². The molecular weight excluding hydrogens is 720 g/mol. The van der Waals surface area contributed by atoms with Gasteiger partial charge in [-0.05, 0) is 12.1 Å². The van der Waals surface area contributed by atoms with Gasteiger partial charge in [0, 0.05) is 12.1 Å². The van der Waals surface area contributed by atoms with Crippen LogP contribution in [0.3, 0.4) is 0 Å². The highest BCUT2D eigenvalue weighted by Gasteiger charge is 2.51. The number of aliphatic hydroxyl groups is 11. The standard InChI is InChI=1S/C32H40O21/c33-6-18-22(41)24(43)27(46)31(51-18)49-16-4-10(35)3-15-11(16)5-17(28(48-15)9-1-12(36)20(39)13(37)2-9)50-32-29(25(44)23(42)19(7-34)52-32)53-30-26(45)21(40)14(38)8-47-30/h1-5,14,18-19,21-46H,6-8H2/p+1/t14-,18-,19+,21-,22-,23-,24+,25-,26-,27-,28?,29+,30-,31-,32-/m1/s1. The normalized spacial score (nSPS) is 38.7. The minimum atomic E-state index is -1.92. The molecule has 4 aliphatic heterocycles. The molecule has 3 saturated heterocycles. The quantitative estimate of drug-likeness (QED) is 0.0843. The predicted molar refractivity (Wildman–Crippen MR) is 168 cm³/mol. The van der Waals surface area contributed by atoms with Crippen LogP contribution in [-0.4, -0.2) is 182 Å². The zero-order valence-electron chi connectivity index (χ0n) is 27.3. The van der Waals surface area contributed by atoms with E-state index >= 15 is 0 Å². The van der Waals surface area contributed by atoms with Crippen LogP contribution < -0.4 is 4.74 Å². The van der Waals surface area contributed by atoms with E-state index in [-0.39, 0.29) is 28.4 Å². The van der Waals surface area contributed by atoms with E-state index in [4.69, 9.17) is 28.4 Å². The Balaban J connectivity index is 1.41. The Labute approximate surface area is 298 Å². The lowest BCUT2D eigenvalue weighted by Crippen LogP contribution is -2.63. The first-order chi connectivity index (χ1) is 25.1. The summed E-state index contributed by atoms with van der Waals surface area (Å²) in [6, 6.07) is 4.27. The SMILES string of the molecule is OC[C@@H]1O[C@@H](OC2=Cc3c(O[C@@H]4O[C@H](CO)[C@@H](O)[C@H](O)[C@H]4O)cc(O)cc3[OH+]C2c2cc(O)c(O)c(O)c2)[C@@H](O[C@H]2OC[C@@H](O)[C@@H](O)[C@H]2O)[C@H](O)[C@@H]1O. The van der Waals surface area contributed by atoms with Gasteiger partial charge in [-0.3, -0.25) is 0 Å². The largest absolute Gasteiger partial charge is 0.571 e. The van der Waals surface area contributed by atoms with Gasteiger partial charge in [-0.2, -0.15) is 0 Å². The Kier molecular flexibility index (Phi) is 11.4. The molecule has 294 valence electrons. The third kappa shape index (κ3) is 7.50. The molecule has 4 heterocycles. The molecule has 6 rings (SSSR count). The number of aliphatic hydroxyl groups excluding tert-OH is 10. The first-order valence-corrected chi connectivity index (χ1v) is 16.2. The van der Waals surface area contributed by atoms with Crippen molar-refractivity contribution in [2.24, 2.45) is 0 Å². The van der Waals surface area contributed by atoms with Crippen molar-refractivity contribution in [2.45, 2.75) is 92.1 Å². The molecule has 2 aromatic rings. The summed E-state index contributed by atoms with van der Waals surface area (Å²) in [4.78, 5) is 0. The molecule has 15 N–H and O–H groups in total. The van der Waals surface area contributed by atoms with E-state index in [1.165, 1.54) is 12.1 Å². The summed E-state index contributed by atoms with van der Waals surface area (Å²) in [6.07, 6.45) is -24.2. The lowest BCUT2D eigenvalue weighted by molar-refractivity contribution is -0.353. The fourth-order valence-corrected chi connectivity index (χ4v) is 6.27. The molecule has 3 fully saturated rings. The minimum absolute atomic E-state index is 0.00560. The Hall–Kier alpha value is -3.78. The van der Waals surface area contributed by atoms with Crippen LogP contribution in [0.5, 0.6) is 34.5 Å². The van der Waals surface area contributed by atoms with E-state index < -0.39 is 135 Å². The maximum atomic E-state index is 11.1. The second-order valence-corrected chi connectivity index (χ2v) is 12.9. The average molecular weight is 762 g/mol. The summed E-state index contributed by atoms with van der Waals surface area (Å²) >= 11 is 0. The van der Waals surface area contributed by atoms with Crippen molar-refractivity contribution in [3.8, 4) is 34.5 Å². The fraction of sp³-hybridized carbons (Fsp3) is 0.562. The summed E-state index contributed by atoms with van der Waals surface area (Å²) in [5.41, 5.74) is -0.0425. The van der Waals surface area contributed by atoms with Crippen LogP contribution in [-0.2, 0) is 23.7 Å². The molecule has 0 aliphatic carbocycles. The lowest BCUT2D eigenvalue weighted by atomic mass is 9.97. The van der Waals surface area contributed by atoms with Crippen molar-refractivity contribution in [1.82, 2.24) is 0 Å². The highest BCUT2D eigenvalue weighted by Crippen LogP contribution is 2.48. The Morgan fingerprint density at radius 1 is 0.660 bits per heavy atom. The van der Waals surface area contributed by atoms with Gasteiger partial charge in [0.05, 0.1) is 31.5 Å². The average Bonchev–Trinajstić information content (AvgIpc) is 3.13. The number of hydrogen-bond donors (Lipinski definition) is 14. The van der Waals surface area contributed by atoms with Gasteiger partial charge in [-0.25, -0.2) is 0 Å². The molecule has 1 unspecified atom stereocenters. The number of aromatic hydroxyl groups is 5. The van der Waals surface area contributed by atoms with Crippen LogP contribution in [0, 0.1) is 0 Å². The monoisotopic (exact) mass is 761 g/mol. The maximum Gasteiger partial charge on any atom is 0.270 e. The summed E-state index contributed by atoms with van der Waals surface area (Å²) in [5.74, 6) is -3.44. The molecule has 0 radical (unpaired) electrons. The molecule has 4 aliphatic rings. The van der Waals surface area contributed by atoms with Crippen LogP contribution >= 0.6 is 0 Å². The Morgan fingerprint density at radius 2 is 1.26 bits per heavy atom. The van der Waals surface area contributed by atoms with Crippen LogP contribution in [0.4, 0.5) is 0 Å². The van der Waals surface area contributed by atoms with Gasteiger partial charge in [0.1, 0.15) is 78.1 Å². The molecule has 0 saturated carbocycles. The second-order valence-electron chi connectivity index (χ2n) is 12.9. The van der Waals surface area contributed by atoms with E-state index in [9.17, 15) is 71.5 Å². The van der Waals surface area contributed by atoms with Crippen molar-refractivity contribution in [1.29, 1.82) is 0 Å². The smallest absolute Gasteiger partial charge is 0.270 e. The van der Waals surface area contributed by atoms with Crippen molar-refractivity contribution >= 4 is 6.08 Å². The van der Waals surface area contributed by atoms with E-state index in [0.717, 1.165) is 18.2 Å². The molecule has 0 aromatic heterocycles. The lowest BCUT2D eigenvalue weighted by Gasteiger charge is -2.45. The Bertz CT molecular complexity index is 1610. The van der Waals surface area contributed by atoms with Crippen molar-refractivity contribution < 1.29 is 105 Å². The van der Waals surface area contributed by atoms with Gasteiger partial charge >= 0.3 is 0 Å². The summed E-state index contributed by atoms with van der Waals surface area (Å²) < 4.78 is 38.8. The second kappa shape index (κ2) is 15.5. The van der Waals surface area contributed by atoms with E-state index in [0.29, 0.717) is 0 Å². The molecule has 21 heteroatoms. The van der Waals surface area contributed by atoms with E-state index in [1.807, 2.05) is 0 Å². The predicted octanol–water partition coefficient (Wildman–Crippen LogP) is -4.70. The first-order valence-electron chi connectivity index (χ1n) is 16.2. The van der Waals surface area contributed by atoms with E-state index in [2.05, 4.69) is 4.74 Å². The molecular formula is C32H41O21+. The van der Waals surface area contributed by atoms with Crippen LogP contribution in [0.2, 0.25) is 0 Å². The highest BCUT2D eigenvalue weighted by molar-refractivity contribution is 5.70. The molecule has 2 aromatic carbocycles. The number of ether oxygens (including phenoxy) is 7. The molecule has 21 nitrogen and oxygen atoms in total. The summed E-state index contributed by atoms with van der Waals surface area (Å²) in [7, 11) is 0. The van der Waals surface area contributed by atoms with Gasteiger partial charge < -0.3 is 105 Å². The maximum absolute atomic E-state index is 11.1. The van der Waals surface area contributed by atoms with Gasteiger partial charge in [-0.1, -0.05) is 0 Å². The Morgan fingerprint density at radius 3 is 1.91 bits per heavy atom. The number of rotatable bonds is 9. The molecule has 15 atom stereocenters. The third-order valence-electron chi connectivity index (χ3n) is 9.25. The first kappa shape index (κ1) is 38.9. The molecule has 0 bridgehead atoms. The third-order valence-corrected chi connectivity index (χ3v) is 9.25. The van der Waals surface area contributed by atoms with Gasteiger partial charge in [0.2, 0.25) is 12.6 Å². The van der Waals surface area contributed by atoms with Gasteiger partial charge in [0.25, 0.3) is 11.9 Å². The van der Waals surface area contributed by atoms with E-state index in [1.54, 1.807) is 0 Å². The number of fused-ring (bicyclic) bond motifs is 1. The zero-order chi connectivity index (χ0) is 38.5. The minimum Gasteiger partial charge on any atom is -0.571 e. The van der Waals surface area contributed by atoms with Crippen LogP contribution in [0.25, 0.3) is 6.08 Å². The zero-order valence-corrected chi connectivity index (χ0v) is 27.3. The van der Waals surface area contributed by atoms with Crippen LogP contribution in [0.15, 0.2) is 30.0 Å². The summed E-state index contributed by atoms with van der Waals surface area (Å²) in [5, 5.41) is 144. The fourth-order valence-electron chi connectivity index (χ4n) is 6.27. The van der Waals surface area contributed by atoms with Gasteiger partial charge in [-0.15, -0.1) is 0 Å². The molecule has 53 heavy (non-hydrogen) atoms. The van der Waals surface area contributed by atoms with Crippen molar-refractivity contribution in [3.63, 3.8) is 0 Å². The summed E-state index contributed by atoms with van der Waals surface area (Å²) in [6.45, 7) is -2.11. The molecule has 0 amide bonds. The molecule has 0 spiro atoms. The number of benzene rings is 2. The number of phenolic OH excluding ortho intramolecular Hbond substituents is 4. The van der Waals surface area contributed by atoms with Crippen molar-refractivity contribution in [2.75, 3.05) is 19.8 Å². The number of phenols is 4. The van der Waals surface area contributed by atoms with Crippen molar-refractivity contribution in [3.05, 3.63) is 41.2 Å². The van der Waals surface area contributed by atoms with Crippen LogP contribution in [0.1, 0.15) is 17.2 Å². The topological polar surface area (TPSA) is 351 Å².